The van der Waals surface area contributed by atoms with Gasteiger partial charge >= 0.3 is 11.9 Å². The van der Waals surface area contributed by atoms with Gasteiger partial charge < -0.3 is 24.2 Å². The molecule has 4 heterocycles. The topological polar surface area (TPSA) is 134 Å². The number of pyridine rings is 2. The standard InChI is InChI=1S/C21H15N3O6.C6H12O.C2H6/c25-10-22-7-17(26)30-19-13-6-16-18-12(5-11-3-1-2-4-15(11)23-18)8-24(16)20(27)14(13)9-29-21(19)28;1-3-4-5-6(2)7;1-2/h1-6,10,19H,7-9H2,(H,22,25);3-5H2,1-2H3;1-2H3. The van der Waals surface area contributed by atoms with E-state index in [4.69, 9.17) is 14.5 Å². The highest BCUT2D eigenvalue weighted by Gasteiger charge is 2.37. The average Bonchev–Trinajstić information content (AvgIpc) is 3.30. The second kappa shape index (κ2) is 13.5. The molecule has 0 aliphatic carbocycles. The molecule has 2 aliphatic heterocycles. The van der Waals surface area contributed by atoms with E-state index in [1.807, 2.05) is 44.2 Å². The van der Waals surface area contributed by atoms with Crippen molar-refractivity contribution in [3.63, 3.8) is 0 Å². The molecule has 3 aromatic rings. The monoisotopic (exact) mass is 535 g/mol. The Kier molecular flexibility index (Phi) is 10.1. The Balaban J connectivity index is 0.000000409. The summed E-state index contributed by atoms with van der Waals surface area (Å²) < 4.78 is 11.9. The number of cyclic esters (lactones) is 1. The van der Waals surface area contributed by atoms with Crippen LogP contribution in [-0.2, 0) is 41.8 Å². The van der Waals surface area contributed by atoms with Crippen molar-refractivity contribution >= 4 is 35.0 Å². The summed E-state index contributed by atoms with van der Waals surface area (Å²) in [5.74, 6) is -1.28. The number of ether oxygens (including phenoxy) is 2. The molecule has 0 fully saturated rings. The van der Waals surface area contributed by atoms with Crippen LogP contribution in [0.15, 0.2) is 41.2 Å². The minimum Gasteiger partial charge on any atom is -0.458 e. The molecule has 2 aromatic heterocycles. The molecule has 1 atom stereocenters. The van der Waals surface area contributed by atoms with Gasteiger partial charge in [0.25, 0.3) is 5.56 Å². The molecule has 0 radical (unpaired) electrons. The zero-order valence-corrected chi connectivity index (χ0v) is 22.6. The summed E-state index contributed by atoms with van der Waals surface area (Å²) in [5, 5.41) is 3.14. The zero-order chi connectivity index (χ0) is 28.5. The van der Waals surface area contributed by atoms with Crippen LogP contribution in [0.4, 0.5) is 0 Å². The molecule has 1 amide bonds. The maximum atomic E-state index is 13.1. The molecular formula is C29H33N3O7. The molecule has 0 saturated carbocycles. The second-order valence-corrected chi connectivity index (χ2v) is 8.83. The van der Waals surface area contributed by atoms with Gasteiger partial charge in [-0.1, -0.05) is 45.4 Å². The number of hydrogen-bond donors (Lipinski definition) is 1. The van der Waals surface area contributed by atoms with Crippen molar-refractivity contribution in [2.75, 3.05) is 6.54 Å². The number of benzene rings is 1. The van der Waals surface area contributed by atoms with Gasteiger partial charge in [0.1, 0.15) is 18.9 Å². The number of rotatable bonds is 7. The first kappa shape index (κ1) is 29.2. The summed E-state index contributed by atoms with van der Waals surface area (Å²) in [4.78, 5) is 62.6. The first-order valence-electron chi connectivity index (χ1n) is 13.0. The molecule has 0 spiro atoms. The van der Waals surface area contributed by atoms with E-state index in [0.29, 0.717) is 30.1 Å². The van der Waals surface area contributed by atoms with Gasteiger partial charge in [-0.05, 0) is 31.5 Å². The van der Waals surface area contributed by atoms with Crippen molar-refractivity contribution in [2.45, 2.75) is 66.2 Å². The van der Waals surface area contributed by atoms with Gasteiger partial charge in [0.2, 0.25) is 12.5 Å². The molecule has 0 bridgehead atoms. The van der Waals surface area contributed by atoms with Gasteiger partial charge in [-0.2, -0.15) is 0 Å². The van der Waals surface area contributed by atoms with E-state index in [1.165, 1.54) is 0 Å². The summed E-state index contributed by atoms with van der Waals surface area (Å²) in [5.41, 5.74) is 3.12. The number of carbonyl (C=O) groups is 4. The largest absolute Gasteiger partial charge is 0.458 e. The Morgan fingerprint density at radius 2 is 1.95 bits per heavy atom. The third-order valence-corrected chi connectivity index (χ3v) is 6.13. The minimum atomic E-state index is -1.38. The number of nitrogens with zero attached hydrogens (tertiary/aromatic N) is 2. The van der Waals surface area contributed by atoms with Crippen LogP contribution in [-0.4, -0.2) is 40.2 Å². The highest BCUT2D eigenvalue weighted by molar-refractivity contribution is 5.86. The Bertz CT molecular complexity index is 1440. The molecule has 10 heteroatoms. The average molecular weight is 536 g/mol. The second-order valence-electron chi connectivity index (χ2n) is 8.83. The molecule has 1 aromatic carbocycles. The summed E-state index contributed by atoms with van der Waals surface area (Å²) in [6.45, 7) is 7.48. The van der Waals surface area contributed by atoms with Crippen molar-refractivity contribution < 1.29 is 28.7 Å². The van der Waals surface area contributed by atoms with Crippen molar-refractivity contribution in [2.24, 2.45) is 0 Å². The fourth-order valence-electron chi connectivity index (χ4n) is 4.29. The molecule has 1 unspecified atom stereocenters. The Labute approximate surface area is 226 Å². The van der Waals surface area contributed by atoms with Crippen molar-refractivity contribution in [1.82, 2.24) is 14.9 Å². The van der Waals surface area contributed by atoms with E-state index in [0.717, 1.165) is 35.7 Å². The normalized spacial score (nSPS) is 14.3. The van der Waals surface area contributed by atoms with Crippen molar-refractivity contribution in [3.8, 4) is 11.4 Å². The molecule has 206 valence electrons. The highest BCUT2D eigenvalue weighted by atomic mass is 16.6. The molecule has 5 rings (SSSR count). The molecule has 0 saturated heterocycles. The lowest BCUT2D eigenvalue weighted by Crippen LogP contribution is -2.35. The SMILES string of the molecule is CC.CCCCC(C)=O.O=CNCC(=O)OC1C(=O)OCc2c1cc1n(c2=O)Cc2cc3ccccc3nc2-1. The number of unbranched alkanes of at least 4 members (excludes halogenated alkanes) is 1. The third-order valence-electron chi connectivity index (χ3n) is 6.13. The Hall–Kier alpha value is -4.34. The predicted molar refractivity (Wildman–Crippen MR) is 145 cm³/mol. The zero-order valence-electron chi connectivity index (χ0n) is 22.6. The van der Waals surface area contributed by atoms with Gasteiger partial charge in [-0.3, -0.25) is 14.4 Å². The number of para-hydroxylation sites is 1. The van der Waals surface area contributed by atoms with E-state index >= 15 is 0 Å². The highest BCUT2D eigenvalue weighted by Crippen LogP contribution is 2.36. The summed E-state index contributed by atoms with van der Waals surface area (Å²) in [6.07, 6.45) is 1.91. The van der Waals surface area contributed by atoms with Crippen LogP contribution in [0.25, 0.3) is 22.3 Å². The van der Waals surface area contributed by atoms with Gasteiger partial charge in [0, 0.05) is 22.9 Å². The van der Waals surface area contributed by atoms with Crippen molar-refractivity contribution in [1.29, 1.82) is 0 Å². The van der Waals surface area contributed by atoms with E-state index in [-0.39, 0.29) is 23.3 Å². The molecule has 10 nitrogen and oxygen atoms in total. The number of fused-ring (bicyclic) bond motifs is 5. The number of ketones is 1. The maximum Gasteiger partial charge on any atom is 0.352 e. The summed E-state index contributed by atoms with van der Waals surface area (Å²) >= 11 is 0. The van der Waals surface area contributed by atoms with Crippen molar-refractivity contribution in [3.05, 3.63) is 63.4 Å². The number of amides is 1. The number of esters is 2. The van der Waals surface area contributed by atoms with Crippen LogP contribution < -0.4 is 10.9 Å². The Morgan fingerprint density at radius 1 is 1.21 bits per heavy atom. The Morgan fingerprint density at radius 3 is 2.62 bits per heavy atom. The quantitative estimate of drug-likeness (QED) is 0.280. The van der Waals surface area contributed by atoms with Crippen LogP contribution in [0.1, 0.15) is 69.8 Å². The van der Waals surface area contributed by atoms with Crippen LogP contribution >= 0.6 is 0 Å². The van der Waals surface area contributed by atoms with Crippen LogP contribution in [0.5, 0.6) is 0 Å². The van der Waals surface area contributed by atoms with E-state index in [9.17, 15) is 24.0 Å². The number of nitrogens with one attached hydrogen (secondary N) is 1. The van der Waals surface area contributed by atoms with Gasteiger partial charge in [-0.25, -0.2) is 9.78 Å². The fourth-order valence-corrected chi connectivity index (χ4v) is 4.29. The number of aromatic nitrogens is 2. The van der Waals surface area contributed by atoms with Crippen LogP contribution in [0.2, 0.25) is 0 Å². The number of hydrogen-bond acceptors (Lipinski definition) is 8. The lowest BCUT2D eigenvalue weighted by Gasteiger charge is -2.25. The molecule has 1 N–H and O–H groups in total. The summed E-state index contributed by atoms with van der Waals surface area (Å²) in [7, 11) is 0. The van der Waals surface area contributed by atoms with E-state index in [2.05, 4.69) is 12.2 Å². The van der Waals surface area contributed by atoms with Gasteiger partial charge in [0.15, 0.2) is 0 Å². The molecule has 39 heavy (non-hydrogen) atoms. The first-order valence-corrected chi connectivity index (χ1v) is 13.0. The lowest BCUT2D eigenvalue weighted by atomic mass is 10.00. The predicted octanol–water partition coefficient (Wildman–Crippen LogP) is 3.60. The molecular weight excluding hydrogens is 502 g/mol. The molecule has 2 aliphatic rings. The smallest absolute Gasteiger partial charge is 0.352 e. The minimum absolute atomic E-state index is 0.195. The first-order chi connectivity index (χ1) is 18.8. The van der Waals surface area contributed by atoms with Gasteiger partial charge in [0.05, 0.1) is 29.0 Å². The maximum absolute atomic E-state index is 13.1. The summed E-state index contributed by atoms with van der Waals surface area (Å²) in [6, 6.07) is 11.3. The van der Waals surface area contributed by atoms with Crippen LogP contribution in [0, 0.1) is 0 Å². The number of carbonyl (C=O) groups excluding carboxylic acids is 4. The number of Topliss-reactive ketones (excluding diaryl/α,β-unsaturated/α-hetero) is 1. The lowest BCUT2D eigenvalue weighted by molar-refractivity contribution is -0.171. The fraction of sp³-hybridized carbons (Fsp3) is 0.379. The third kappa shape index (κ3) is 6.57. The van der Waals surface area contributed by atoms with Crippen LogP contribution in [0.3, 0.4) is 0 Å². The van der Waals surface area contributed by atoms with E-state index < -0.39 is 24.6 Å². The van der Waals surface area contributed by atoms with E-state index in [1.54, 1.807) is 17.6 Å². The van der Waals surface area contributed by atoms with Gasteiger partial charge in [-0.15, -0.1) is 0 Å².